The Hall–Kier alpha value is -1.27. The summed E-state index contributed by atoms with van der Waals surface area (Å²) in [4.78, 5) is 11.9. The molecule has 0 saturated heterocycles. The van der Waals surface area contributed by atoms with E-state index in [2.05, 4.69) is 5.32 Å². The van der Waals surface area contributed by atoms with Crippen LogP contribution in [0.2, 0.25) is 0 Å². The molecule has 1 unspecified atom stereocenters. The highest BCUT2D eigenvalue weighted by Gasteiger charge is 2.41. The van der Waals surface area contributed by atoms with Crippen LogP contribution in [0, 0.1) is 0 Å². The van der Waals surface area contributed by atoms with Gasteiger partial charge in [0, 0.05) is 12.5 Å². The molecule has 1 atom stereocenters. The minimum atomic E-state index is -4.38. The van der Waals surface area contributed by atoms with Crippen molar-refractivity contribution in [1.29, 1.82) is 0 Å². The van der Waals surface area contributed by atoms with E-state index in [9.17, 15) is 18.0 Å². The predicted octanol–water partition coefficient (Wildman–Crippen LogP) is 3.36. The summed E-state index contributed by atoms with van der Waals surface area (Å²) in [5.74, 6) is -0.220. The Bertz CT molecular complexity index is 528. The fraction of sp³-hybridized carbons (Fsp3) is 0.533. The molecule has 1 aliphatic carbocycles. The molecular weight excluding hydrogens is 317 g/mol. The number of hydrogen-bond donors (Lipinski definition) is 2. The van der Waals surface area contributed by atoms with Gasteiger partial charge in [0.15, 0.2) is 0 Å². The minimum absolute atomic E-state index is 0. The largest absolute Gasteiger partial charge is 0.416 e. The Morgan fingerprint density at radius 2 is 2.05 bits per heavy atom. The highest BCUT2D eigenvalue weighted by atomic mass is 35.5. The lowest BCUT2D eigenvalue weighted by molar-refractivity contribution is -0.137. The van der Waals surface area contributed by atoms with Crippen molar-refractivity contribution < 1.29 is 18.0 Å². The van der Waals surface area contributed by atoms with Gasteiger partial charge in [0.1, 0.15) is 0 Å². The molecule has 0 spiro atoms. The zero-order chi connectivity index (χ0) is 15.7. The first-order valence-corrected chi connectivity index (χ1v) is 6.97. The Morgan fingerprint density at radius 1 is 1.41 bits per heavy atom. The van der Waals surface area contributed by atoms with E-state index < -0.39 is 17.3 Å². The van der Waals surface area contributed by atoms with E-state index in [1.807, 2.05) is 0 Å². The van der Waals surface area contributed by atoms with Crippen molar-refractivity contribution in [2.45, 2.75) is 50.4 Å². The van der Waals surface area contributed by atoms with Crippen LogP contribution in [-0.2, 0) is 16.5 Å². The summed E-state index contributed by atoms with van der Waals surface area (Å²) in [6.45, 7) is 1.72. The monoisotopic (exact) mass is 336 g/mol. The van der Waals surface area contributed by atoms with E-state index in [0.29, 0.717) is 18.4 Å². The molecule has 0 radical (unpaired) electrons. The van der Waals surface area contributed by atoms with Gasteiger partial charge in [-0.1, -0.05) is 12.1 Å². The first-order valence-electron chi connectivity index (χ1n) is 6.97. The summed E-state index contributed by atoms with van der Waals surface area (Å²) in [7, 11) is 0. The molecule has 124 valence electrons. The van der Waals surface area contributed by atoms with Gasteiger partial charge in [-0.3, -0.25) is 4.79 Å². The summed E-state index contributed by atoms with van der Waals surface area (Å²) in [5, 5.41) is 2.87. The van der Waals surface area contributed by atoms with Crippen molar-refractivity contribution >= 4 is 18.3 Å². The average molecular weight is 337 g/mol. The zero-order valence-electron chi connectivity index (χ0n) is 12.2. The van der Waals surface area contributed by atoms with Gasteiger partial charge in [0.2, 0.25) is 5.91 Å². The topological polar surface area (TPSA) is 55.1 Å². The van der Waals surface area contributed by atoms with Crippen molar-refractivity contribution in [3.05, 3.63) is 35.4 Å². The highest BCUT2D eigenvalue weighted by molar-refractivity contribution is 5.85. The summed E-state index contributed by atoms with van der Waals surface area (Å²) in [5.41, 5.74) is 4.74. The van der Waals surface area contributed by atoms with Crippen molar-refractivity contribution in [3.63, 3.8) is 0 Å². The number of alkyl halides is 3. The molecule has 1 saturated carbocycles. The highest BCUT2D eigenvalue weighted by Crippen LogP contribution is 2.43. The number of benzene rings is 1. The normalized spacial score (nSPS) is 17.9. The maximum Gasteiger partial charge on any atom is 0.416 e. The second-order valence-corrected chi connectivity index (χ2v) is 5.74. The molecule has 0 bridgehead atoms. The quantitative estimate of drug-likeness (QED) is 0.885. The molecule has 2 rings (SSSR count). The average Bonchev–Trinajstić information content (AvgIpc) is 2.32. The first-order chi connectivity index (χ1) is 9.73. The van der Waals surface area contributed by atoms with Crippen LogP contribution in [0.15, 0.2) is 24.3 Å². The van der Waals surface area contributed by atoms with Crippen LogP contribution in [0.1, 0.15) is 43.7 Å². The third kappa shape index (κ3) is 4.14. The van der Waals surface area contributed by atoms with Crippen molar-refractivity contribution in [1.82, 2.24) is 5.32 Å². The fourth-order valence-corrected chi connectivity index (χ4v) is 2.62. The Kier molecular flexibility index (Phi) is 5.87. The van der Waals surface area contributed by atoms with E-state index in [1.165, 1.54) is 6.07 Å². The zero-order valence-corrected chi connectivity index (χ0v) is 13.1. The molecule has 1 fully saturated rings. The molecule has 1 aromatic rings. The van der Waals surface area contributed by atoms with Crippen LogP contribution in [0.25, 0.3) is 0 Å². The van der Waals surface area contributed by atoms with Crippen molar-refractivity contribution in [2.75, 3.05) is 0 Å². The minimum Gasteiger partial charge on any atom is -0.347 e. The summed E-state index contributed by atoms with van der Waals surface area (Å²) < 4.78 is 38.4. The number of carbonyl (C=O) groups excluding carboxylic acids is 1. The lowest BCUT2D eigenvalue weighted by Crippen LogP contribution is -2.51. The molecule has 0 aliphatic heterocycles. The van der Waals surface area contributed by atoms with Crippen molar-refractivity contribution in [3.8, 4) is 0 Å². The van der Waals surface area contributed by atoms with E-state index in [1.54, 1.807) is 13.0 Å². The molecule has 3 nitrogen and oxygen atoms in total. The van der Waals surface area contributed by atoms with Crippen LogP contribution in [0.4, 0.5) is 13.2 Å². The van der Waals surface area contributed by atoms with Crippen LogP contribution in [0.5, 0.6) is 0 Å². The van der Waals surface area contributed by atoms with E-state index in [4.69, 9.17) is 5.73 Å². The summed E-state index contributed by atoms with van der Waals surface area (Å²) in [6, 6.07) is 4.92. The Morgan fingerprint density at radius 3 is 2.50 bits per heavy atom. The molecule has 7 heteroatoms. The van der Waals surface area contributed by atoms with Gasteiger partial charge in [-0.15, -0.1) is 12.4 Å². The number of rotatable bonds is 4. The molecule has 0 heterocycles. The number of nitrogens with one attached hydrogen (secondary N) is 1. The number of nitrogens with two attached hydrogens (primary N) is 1. The maximum absolute atomic E-state index is 12.8. The summed E-state index contributed by atoms with van der Waals surface area (Å²) >= 11 is 0. The fourth-order valence-electron chi connectivity index (χ4n) is 2.62. The van der Waals surface area contributed by atoms with Crippen molar-refractivity contribution in [2.24, 2.45) is 5.73 Å². The summed E-state index contributed by atoms with van der Waals surface area (Å²) in [6.07, 6.45) is -2.02. The van der Waals surface area contributed by atoms with Gasteiger partial charge in [-0.25, -0.2) is 0 Å². The molecule has 1 amide bonds. The van der Waals surface area contributed by atoms with Gasteiger partial charge in [-0.05, 0) is 43.9 Å². The van der Waals surface area contributed by atoms with E-state index >= 15 is 0 Å². The SMILES string of the molecule is CC(N)CC(=O)NC1(c2cccc(C(F)(F)F)c2)CCC1.Cl. The van der Waals surface area contributed by atoms with E-state index in [0.717, 1.165) is 18.6 Å². The third-order valence-corrected chi connectivity index (χ3v) is 3.84. The van der Waals surface area contributed by atoms with Gasteiger partial charge >= 0.3 is 6.18 Å². The van der Waals surface area contributed by atoms with Crippen LogP contribution in [0.3, 0.4) is 0 Å². The standard InChI is InChI=1S/C15H19F3N2O.ClH/c1-10(19)8-13(21)20-14(6-3-7-14)11-4-2-5-12(9-11)15(16,17)18;/h2,4-5,9-10H,3,6-8,19H2,1H3,(H,20,21);1H. The predicted molar refractivity (Wildman–Crippen MR) is 80.6 cm³/mol. The molecule has 3 N–H and O–H groups in total. The van der Waals surface area contributed by atoms with Gasteiger partial charge < -0.3 is 11.1 Å². The van der Waals surface area contributed by atoms with Crippen LogP contribution >= 0.6 is 12.4 Å². The maximum atomic E-state index is 12.8. The number of carbonyl (C=O) groups is 1. The van der Waals surface area contributed by atoms with Crippen LogP contribution < -0.4 is 11.1 Å². The lowest BCUT2D eigenvalue weighted by atomic mass is 9.71. The molecule has 0 aromatic heterocycles. The molecule has 1 aliphatic rings. The van der Waals surface area contributed by atoms with Gasteiger partial charge in [0.25, 0.3) is 0 Å². The van der Waals surface area contributed by atoms with Gasteiger partial charge in [0.05, 0.1) is 11.1 Å². The Balaban J connectivity index is 0.00000242. The first kappa shape index (κ1) is 18.8. The second kappa shape index (κ2) is 6.87. The lowest BCUT2D eigenvalue weighted by Gasteiger charge is -2.43. The number of hydrogen-bond acceptors (Lipinski definition) is 2. The number of halogens is 4. The molecular formula is C15H20ClF3N2O. The molecule has 1 aromatic carbocycles. The molecule has 22 heavy (non-hydrogen) atoms. The Labute approximate surface area is 133 Å². The smallest absolute Gasteiger partial charge is 0.347 e. The third-order valence-electron chi connectivity index (χ3n) is 3.84. The van der Waals surface area contributed by atoms with E-state index in [-0.39, 0.29) is 30.8 Å². The van der Waals surface area contributed by atoms with Crippen LogP contribution in [-0.4, -0.2) is 11.9 Å². The van der Waals surface area contributed by atoms with Gasteiger partial charge in [-0.2, -0.15) is 13.2 Å². The number of amides is 1. The second-order valence-electron chi connectivity index (χ2n) is 5.74.